The van der Waals surface area contributed by atoms with Crippen LogP contribution >= 0.6 is 0 Å². The third-order valence-corrected chi connectivity index (χ3v) is 3.33. The Labute approximate surface area is 143 Å². The number of hydrogen-bond acceptors (Lipinski definition) is 4. The van der Waals surface area contributed by atoms with Crippen LogP contribution in [0.5, 0.6) is 11.5 Å². The van der Waals surface area contributed by atoms with Crippen molar-refractivity contribution >= 4 is 11.6 Å². The number of rotatable bonds is 8. The van der Waals surface area contributed by atoms with Gasteiger partial charge in [0.05, 0.1) is 19.8 Å². The van der Waals surface area contributed by atoms with Crippen molar-refractivity contribution < 1.29 is 14.3 Å². The summed E-state index contributed by atoms with van der Waals surface area (Å²) in [5.41, 5.74) is 1.91. The van der Waals surface area contributed by atoms with Gasteiger partial charge >= 0.3 is 0 Å². The minimum absolute atomic E-state index is 0.0617. The fraction of sp³-hybridized carbons (Fsp3) is 0.316. The van der Waals surface area contributed by atoms with Crippen LogP contribution in [0, 0.1) is 0 Å². The van der Waals surface area contributed by atoms with Gasteiger partial charge in [-0.05, 0) is 55.8 Å². The van der Waals surface area contributed by atoms with E-state index in [0.29, 0.717) is 6.54 Å². The van der Waals surface area contributed by atoms with Gasteiger partial charge in [-0.3, -0.25) is 4.79 Å². The summed E-state index contributed by atoms with van der Waals surface area (Å²) in [6, 6.07) is 15.2. The smallest absolute Gasteiger partial charge is 0.239 e. The highest BCUT2D eigenvalue weighted by molar-refractivity contribution is 5.80. The first-order valence-corrected chi connectivity index (χ1v) is 7.97. The molecule has 0 aromatic heterocycles. The van der Waals surface area contributed by atoms with Crippen molar-refractivity contribution in [3.63, 3.8) is 0 Å². The number of carbonyl (C=O) groups is 1. The SMILES string of the molecule is COc1ccc(CNC(=O)CNc2ccc(OC(C)C)cc2)cc1. The van der Waals surface area contributed by atoms with Crippen LogP contribution in [0.15, 0.2) is 48.5 Å². The summed E-state index contributed by atoms with van der Waals surface area (Å²) in [5.74, 6) is 1.56. The van der Waals surface area contributed by atoms with Gasteiger partial charge in [-0.1, -0.05) is 12.1 Å². The zero-order chi connectivity index (χ0) is 17.4. The number of carbonyl (C=O) groups excluding carboxylic acids is 1. The molecule has 0 atom stereocenters. The first-order chi connectivity index (χ1) is 11.6. The molecule has 0 aliphatic heterocycles. The van der Waals surface area contributed by atoms with Crippen LogP contribution in [-0.2, 0) is 11.3 Å². The summed E-state index contributed by atoms with van der Waals surface area (Å²) >= 11 is 0. The van der Waals surface area contributed by atoms with Crippen LogP contribution in [0.25, 0.3) is 0 Å². The molecule has 2 rings (SSSR count). The maximum atomic E-state index is 11.9. The summed E-state index contributed by atoms with van der Waals surface area (Å²) < 4.78 is 10.7. The first-order valence-electron chi connectivity index (χ1n) is 7.97. The second-order valence-electron chi connectivity index (χ2n) is 5.67. The standard InChI is InChI=1S/C19H24N2O3/c1-14(2)24-18-10-6-16(7-11-18)20-13-19(22)21-12-15-4-8-17(23-3)9-5-15/h4-11,14,20H,12-13H2,1-3H3,(H,21,22). The summed E-state index contributed by atoms with van der Waals surface area (Å²) in [7, 11) is 1.63. The van der Waals surface area contributed by atoms with Crippen molar-refractivity contribution in [1.82, 2.24) is 5.32 Å². The molecule has 0 radical (unpaired) electrons. The summed E-state index contributed by atoms with van der Waals surface area (Å²) in [4.78, 5) is 11.9. The zero-order valence-corrected chi connectivity index (χ0v) is 14.3. The molecule has 5 nitrogen and oxygen atoms in total. The Kier molecular flexibility index (Phi) is 6.49. The zero-order valence-electron chi connectivity index (χ0n) is 14.3. The van der Waals surface area contributed by atoms with Gasteiger partial charge in [0.2, 0.25) is 5.91 Å². The van der Waals surface area contributed by atoms with Gasteiger partial charge < -0.3 is 20.1 Å². The fourth-order valence-electron chi connectivity index (χ4n) is 2.11. The molecule has 24 heavy (non-hydrogen) atoms. The predicted molar refractivity (Wildman–Crippen MR) is 95.5 cm³/mol. The average molecular weight is 328 g/mol. The second-order valence-corrected chi connectivity index (χ2v) is 5.67. The Morgan fingerprint density at radius 2 is 1.62 bits per heavy atom. The number of methoxy groups -OCH3 is 1. The number of hydrogen-bond donors (Lipinski definition) is 2. The molecule has 1 amide bonds. The number of benzene rings is 2. The Morgan fingerprint density at radius 3 is 2.21 bits per heavy atom. The van der Waals surface area contributed by atoms with Crippen LogP contribution in [-0.4, -0.2) is 25.7 Å². The van der Waals surface area contributed by atoms with Crippen LogP contribution in [0.2, 0.25) is 0 Å². The minimum Gasteiger partial charge on any atom is -0.497 e. The van der Waals surface area contributed by atoms with Crippen LogP contribution in [0.3, 0.4) is 0 Å². The molecule has 0 fully saturated rings. The van der Waals surface area contributed by atoms with E-state index in [-0.39, 0.29) is 18.6 Å². The molecule has 0 saturated heterocycles. The Balaban J connectivity index is 1.74. The monoisotopic (exact) mass is 328 g/mol. The lowest BCUT2D eigenvalue weighted by Gasteiger charge is -2.11. The van der Waals surface area contributed by atoms with E-state index in [4.69, 9.17) is 9.47 Å². The summed E-state index contributed by atoms with van der Waals surface area (Å²) in [5, 5.41) is 5.97. The third kappa shape index (κ3) is 5.83. The van der Waals surface area contributed by atoms with E-state index < -0.39 is 0 Å². The lowest BCUT2D eigenvalue weighted by molar-refractivity contribution is -0.119. The normalized spacial score (nSPS) is 10.3. The summed E-state index contributed by atoms with van der Waals surface area (Å²) in [6.07, 6.45) is 0.146. The lowest BCUT2D eigenvalue weighted by Crippen LogP contribution is -2.29. The van der Waals surface area contributed by atoms with Gasteiger partial charge in [-0.15, -0.1) is 0 Å². The van der Waals surface area contributed by atoms with Crippen LogP contribution < -0.4 is 20.1 Å². The van der Waals surface area contributed by atoms with E-state index in [9.17, 15) is 4.79 Å². The molecule has 0 aliphatic rings. The van der Waals surface area contributed by atoms with Crippen molar-refractivity contribution in [2.75, 3.05) is 19.0 Å². The number of nitrogens with one attached hydrogen (secondary N) is 2. The number of ether oxygens (including phenoxy) is 2. The molecular weight excluding hydrogens is 304 g/mol. The van der Waals surface area contributed by atoms with Crippen molar-refractivity contribution in [2.24, 2.45) is 0 Å². The molecule has 0 bridgehead atoms. The molecular formula is C19H24N2O3. The second kappa shape index (κ2) is 8.82. The highest BCUT2D eigenvalue weighted by Crippen LogP contribution is 2.16. The molecule has 0 spiro atoms. The van der Waals surface area contributed by atoms with Crippen molar-refractivity contribution in [2.45, 2.75) is 26.5 Å². The molecule has 0 aliphatic carbocycles. The Morgan fingerprint density at radius 1 is 1.00 bits per heavy atom. The van der Waals surface area contributed by atoms with E-state index in [0.717, 1.165) is 22.7 Å². The minimum atomic E-state index is -0.0617. The first kappa shape index (κ1) is 17.7. The highest BCUT2D eigenvalue weighted by Gasteiger charge is 2.03. The molecule has 128 valence electrons. The van der Waals surface area contributed by atoms with Gasteiger partial charge in [-0.25, -0.2) is 0 Å². The van der Waals surface area contributed by atoms with Gasteiger partial charge in [0.15, 0.2) is 0 Å². The maximum Gasteiger partial charge on any atom is 0.239 e. The molecule has 2 aromatic carbocycles. The van der Waals surface area contributed by atoms with Gasteiger partial charge in [0, 0.05) is 12.2 Å². The topological polar surface area (TPSA) is 59.6 Å². The Bertz CT molecular complexity index is 637. The molecule has 2 aromatic rings. The van der Waals surface area contributed by atoms with E-state index in [2.05, 4.69) is 10.6 Å². The van der Waals surface area contributed by atoms with E-state index in [1.807, 2.05) is 62.4 Å². The van der Waals surface area contributed by atoms with Crippen molar-refractivity contribution in [1.29, 1.82) is 0 Å². The van der Waals surface area contributed by atoms with Crippen LogP contribution in [0.1, 0.15) is 19.4 Å². The average Bonchev–Trinajstić information content (AvgIpc) is 2.59. The summed E-state index contributed by atoms with van der Waals surface area (Å²) in [6.45, 7) is 4.69. The van der Waals surface area contributed by atoms with Gasteiger partial charge in [-0.2, -0.15) is 0 Å². The number of anilines is 1. The Hall–Kier alpha value is -2.69. The molecule has 5 heteroatoms. The van der Waals surface area contributed by atoms with E-state index in [1.165, 1.54) is 0 Å². The van der Waals surface area contributed by atoms with E-state index >= 15 is 0 Å². The van der Waals surface area contributed by atoms with E-state index in [1.54, 1.807) is 7.11 Å². The largest absolute Gasteiger partial charge is 0.497 e. The van der Waals surface area contributed by atoms with Crippen molar-refractivity contribution in [3.8, 4) is 11.5 Å². The highest BCUT2D eigenvalue weighted by atomic mass is 16.5. The molecule has 0 unspecified atom stereocenters. The molecule has 2 N–H and O–H groups in total. The van der Waals surface area contributed by atoms with Crippen molar-refractivity contribution in [3.05, 3.63) is 54.1 Å². The molecule has 0 saturated carbocycles. The lowest BCUT2D eigenvalue weighted by atomic mass is 10.2. The maximum absolute atomic E-state index is 11.9. The molecule has 0 heterocycles. The fourth-order valence-corrected chi connectivity index (χ4v) is 2.11. The van der Waals surface area contributed by atoms with Gasteiger partial charge in [0.25, 0.3) is 0 Å². The van der Waals surface area contributed by atoms with Gasteiger partial charge in [0.1, 0.15) is 11.5 Å². The quantitative estimate of drug-likeness (QED) is 0.781. The number of amides is 1. The third-order valence-electron chi connectivity index (χ3n) is 3.33. The predicted octanol–water partition coefficient (Wildman–Crippen LogP) is 3.21. The van der Waals surface area contributed by atoms with Crippen LogP contribution in [0.4, 0.5) is 5.69 Å².